The van der Waals surface area contributed by atoms with E-state index in [9.17, 15) is 0 Å². The molecule has 7 nitrogen and oxygen atoms in total. The van der Waals surface area contributed by atoms with Crippen molar-refractivity contribution in [1.82, 2.24) is 25.1 Å². The number of ether oxygens (including phenoxy) is 1. The van der Waals surface area contributed by atoms with E-state index in [4.69, 9.17) is 9.26 Å². The van der Waals surface area contributed by atoms with Gasteiger partial charge in [-0.2, -0.15) is 4.98 Å². The van der Waals surface area contributed by atoms with Crippen molar-refractivity contribution in [1.29, 1.82) is 0 Å². The maximum Gasteiger partial charge on any atom is 0.256 e. The van der Waals surface area contributed by atoms with Gasteiger partial charge in [-0.15, -0.1) is 5.10 Å². The quantitative estimate of drug-likeness (QED) is 0.708. The molecule has 1 atom stereocenters. The summed E-state index contributed by atoms with van der Waals surface area (Å²) in [4.78, 5) is 4.43. The Morgan fingerprint density at radius 3 is 3.15 bits per heavy atom. The van der Waals surface area contributed by atoms with E-state index >= 15 is 0 Å². The maximum atomic E-state index is 5.54. The minimum atomic E-state index is -0.0571. The molecule has 2 aromatic heterocycles. The summed E-state index contributed by atoms with van der Waals surface area (Å²) >= 11 is 0. The Kier molecular flexibility index (Phi) is 2.53. The van der Waals surface area contributed by atoms with Crippen LogP contribution in [0.1, 0.15) is 24.8 Å². The van der Waals surface area contributed by atoms with Crippen molar-refractivity contribution >= 4 is 11.0 Å². The highest BCUT2D eigenvalue weighted by molar-refractivity contribution is 5.79. The van der Waals surface area contributed by atoms with Crippen molar-refractivity contribution in [3.05, 3.63) is 24.1 Å². The Morgan fingerprint density at radius 2 is 2.30 bits per heavy atom. The zero-order valence-electron chi connectivity index (χ0n) is 11.0. The van der Waals surface area contributed by atoms with Crippen molar-refractivity contribution in [2.75, 3.05) is 6.61 Å². The monoisotopic (exact) mass is 271 g/mol. The maximum absolute atomic E-state index is 5.54. The molecule has 1 aliphatic heterocycles. The molecule has 1 saturated heterocycles. The number of aromatic nitrogens is 5. The van der Waals surface area contributed by atoms with Gasteiger partial charge in [0.1, 0.15) is 11.6 Å². The van der Waals surface area contributed by atoms with Gasteiger partial charge in [0.2, 0.25) is 5.82 Å². The van der Waals surface area contributed by atoms with Crippen LogP contribution in [0, 0.1) is 0 Å². The lowest BCUT2D eigenvalue weighted by atomic mass is 10.2. The molecular formula is C13H13N5O2. The Labute approximate surface area is 114 Å². The van der Waals surface area contributed by atoms with Crippen molar-refractivity contribution in [3.63, 3.8) is 0 Å². The smallest absolute Gasteiger partial charge is 0.256 e. The van der Waals surface area contributed by atoms with Gasteiger partial charge in [0, 0.05) is 19.2 Å². The van der Waals surface area contributed by atoms with Gasteiger partial charge in [-0.3, -0.25) is 0 Å². The second-order valence-corrected chi connectivity index (χ2v) is 4.87. The van der Waals surface area contributed by atoms with E-state index in [-0.39, 0.29) is 6.10 Å². The molecule has 0 bridgehead atoms. The SMILES string of the molecule is Cn1nnc2ccc(-c3noc(C4CCCO4)n3)cc21. The second-order valence-electron chi connectivity index (χ2n) is 4.87. The largest absolute Gasteiger partial charge is 0.368 e. The number of hydrogen-bond donors (Lipinski definition) is 0. The highest BCUT2D eigenvalue weighted by Gasteiger charge is 2.24. The molecule has 7 heteroatoms. The molecule has 1 aliphatic rings. The number of fused-ring (bicyclic) bond motifs is 1. The minimum Gasteiger partial charge on any atom is -0.368 e. The number of aryl methyl sites for hydroxylation is 1. The summed E-state index contributed by atoms with van der Waals surface area (Å²) < 4.78 is 12.6. The third-order valence-electron chi connectivity index (χ3n) is 3.52. The van der Waals surface area contributed by atoms with Gasteiger partial charge in [0.05, 0.1) is 5.52 Å². The first-order chi connectivity index (χ1) is 9.81. The minimum absolute atomic E-state index is 0.0571. The zero-order valence-corrected chi connectivity index (χ0v) is 11.0. The number of nitrogens with zero attached hydrogens (tertiary/aromatic N) is 5. The van der Waals surface area contributed by atoms with Crippen LogP contribution in [0.15, 0.2) is 22.7 Å². The molecule has 1 unspecified atom stereocenters. The lowest BCUT2D eigenvalue weighted by Gasteiger charge is -2.00. The molecule has 0 N–H and O–H groups in total. The molecule has 4 rings (SSSR count). The van der Waals surface area contributed by atoms with Gasteiger partial charge in [-0.05, 0) is 31.0 Å². The first kappa shape index (κ1) is 11.5. The Hall–Kier alpha value is -2.28. The topological polar surface area (TPSA) is 78.9 Å². The summed E-state index contributed by atoms with van der Waals surface area (Å²) in [7, 11) is 1.85. The predicted octanol–water partition coefficient (Wildman–Crippen LogP) is 1.87. The molecule has 0 spiro atoms. The standard InChI is InChI=1S/C13H13N5O2/c1-18-10-7-8(4-5-9(10)15-17-18)12-14-13(20-16-12)11-3-2-6-19-11/h4-5,7,11H,2-3,6H2,1H3. The van der Waals surface area contributed by atoms with Gasteiger partial charge in [-0.1, -0.05) is 10.4 Å². The predicted molar refractivity (Wildman–Crippen MR) is 69.7 cm³/mol. The highest BCUT2D eigenvalue weighted by atomic mass is 16.5. The molecular weight excluding hydrogens is 258 g/mol. The van der Waals surface area contributed by atoms with Gasteiger partial charge < -0.3 is 9.26 Å². The van der Waals surface area contributed by atoms with Crippen molar-refractivity contribution < 1.29 is 9.26 Å². The van der Waals surface area contributed by atoms with Gasteiger partial charge in [0.25, 0.3) is 5.89 Å². The highest BCUT2D eigenvalue weighted by Crippen LogP contribution is 2.29. The summed E-state index contributed by atoms with van der Waals surface area (Å²) in [5.74, 6) is 1.12. The van der Waals surface area contributed by atoms with E-state index < -0.39 is 0 Å². The molecule has 0 aliphatic carbocycles. The Morgan fingerprint density at radius 1 is 1.35 bits per heavy atom. The van der Waals surface area contributed by atoms with Crippen LogP contribution in [0.5, 0.6) is 0 Å². The number of hydrogen-bond acceptors (Lipinski definition) is 6. The molecule has 3 heterocycles. The van der Waals surface area contributed by atoms with Crippen LogP contribution in [0.3, 0.4) is 0 Å². The fourth-order valence-corrected chi connectivity index (χ4v) is 2.43. The number of rotatable bonds is 2. The second kappa shape index (κ2) is 4.38. The van der Waals surface area contributed by atoms with E-state index in [1.807, 2.05) is 25.2 Å². The third kappa shape index (κ3) is 1.78. The van der Waals surface area contributed by atoms with E-state index in [1.54, 1.807) is 4.68 Å². The summed E-state index contributed by atoms with van der Waals surface area (Å²) in [6.07, 6.45) is 1.92. The molecule has 20 heavy (non-hydrogen) atoms. The number of benzene rings is 1. The van der Waals surface area contributed by atoms with Gasteiger partial charge >= 0.3 is 0 Å². The lowest BCUT2D eigenvalue weighted by molar-refractivity contribution is 0.0835. The van der Waals surface area contributed by atoms with Crippen LogP contribution in [-0.2, 0) is 11.8 Å². The average molecular weight is 271 g/mol. The van der Waals surface area contributed by atoms with Crippen LogP contribution in [0.2, 0.25) is 0 Å². The third-order valence-corrected chi connectivity index (χ3v) is 3.52. The van der Waals surface area contributed by atoms with Crippen LogP contribution < -0.4 is 0 Å². The van der Waals surface area contributed by atoms with Gasteiger partial charge in [0.15, 0.2) is 0 Å². The fraction of sp³-hybridized carbons (Fsp3) is 0.385. The lowest BCUT2D eigenvalue weighted by Crippen LogP contribution is -1.95. The molecule has 0 radical (unpaired) electrons. The van der Waals surface area contributed by atoms with E-state index in [2.05, 4.69) is 20.5 Å². The van der Waals surface area contributed by atoms with Crippen LogP contribution in [-0.4, -0.2) is 31.7 Å². The first-order valence-corrected chi connectivity index (χ1v) is 6.56. The normalized spacial score (nSPS) is 18.9. The molecule has 0 amide bonds. The molecule has 1 aromatic carbocycles. The molecule has 1 fully saturated rings. The Bertz CT molecular complexity index is 757. The van der Waals surface area contributed by atoms with E-state index in [0.717, 1.165) is 36.0 Å². The van der Waals surface area contributed by atoms with Crippen LogP contribution in [0.25, 0.3) is 22.4 Å². The van der Waals surface area contributed by atoms with Gasteiger partial charge in [-0.25, -0.2) is 4.68 Å². The van der Waals surface area contributed by atoms with Crippen LogP contribution in [0.4, 0.5) is 0 Å². The van der Waals surface area contributed by atoms with Crippen molar-refractivity contribution in [2.45, 2.75) is 18.9 Å². The first-order valence-electron chi connectivity index (χ1n) is 6.56. The summed E-state index contributed by atoms with van der Waals surface area (Å²) in [5, 5.41) is 12.1. The summed E-state index contributed by atoms with van der Waals surface area (Å²) in [6, 6.07) is 5.78. The van der Waals surface area contributed by atoms with Crippen molar-refractivity contribution in [3.8, 4) is 11.4 Å². The summed E-state index contributed by atoms with van der Waals surface area (Å²) in [6.45, 7) is 0.759. The molecule has 102 valence electrons. The van der Waals surface area contributed by atoms with E-state index in [1.165, 1.54) is 0 Å². The van der Waals surface area contributed by atoms with E-state index in [0.29, 0.717) is 11.7 Å². The molecule has 3 aromatic rings. The van der Waals surface area contributed by atoms with Crippen LogP contribution >= 0.6 is 0 Å². The zero-order chi connectivity index (χ0) is 13.5. The fourth-order valence-electron chi connectivity index (χ4n) is 2.43. The van der Waals surface area contributed by atoms with Crippen molar-refractivity contribution in [2.24, 2.45) is 7.05 Å². The average Bonchev–Trinajstić information content (AvgIpc) is 3.18. The summed E-state index contributed by atoms with van der Waals surface area (Å²) in [5.41, 5.74) is 2.67. The molecule has 0 saturated carbocycles. The Balaban J connectivity index is 1.72.